The van der Waals surface area contributed by atoms with Crippen molar-refractivity contribution < 1.29 is 5.11 Å². The molecule has 5 nitrogen and oxygen atoms in total. The van der Waals surface area contributed by atoms with Crippen LogP contribution < -0.4 is 5.43 Å². The molecular formula is C17H27N3O2. The third-order valence-electron chi connectivity index (χ3n) is 5.14. The van der Waals surface area contributed by atoms with Gasteiger partial charge in [-0.3, -0.25) is 9.69 Å². The molecule has 0 bridgehead atoms. The minimum Gasteiger partial charge on any atom is -0.503 e. The Morgan fingerprint density at radius 1 is 1.27 bits per heavy atom. The van der Waals surface area contributed by atoms with Crippen LogP contribution in [-0.2, 0) is 6.54 Å². The molecule has 0 amide bonds. The lowest BCUT2D eigenvalue weighted by Crippen LogP contribution is -2.42. The molecule has 0 atom stereocenters. The third kappa shape index (κ3) is 3.06. The molecule has 1 aliphatic heterocycles. The number of hydrogen-bond acceptors (Lipinski definition) is 4. The Bertz CT molecular complexity index is 599. The molecule has 1 aromatic heterocycles. The van der Waals surface area contributed by atoms with E-state index in [1.54, 1.807) is 6.07 Å². The zero-order chi connectivity index (χ0) is 15.9. The SMILES string of the molecule is Cc1cc(=O)c(O)c(CN(C)C2CCN(C)CC2)n1C1CC1. The number of aromatic hydroxyl groups is 1. The number of rotatable bonds is 4. The van der Waals surface area contributed by atoms with Gasteiger partial charge in [-0.1, -0.05) is 0 Å². The van der Waals surface area contributed by atoms with Crippen molar-refractivity contribution in [3.05, 3.63) is 27.7 Å². The molecule has 1 saturated heterocycles. The maximum absolute atomic E-state index is 12.0. The molecule has 5 heteroatoms. The molecule has 1 N–H and O–H groups in total. The molecule has 0 spiro atoms. The lowest BCUT2D eigenvalue weighted by atomic mass is 10.0. The van der Waals surface area contributed by atoms with Crippen LogP contribution in [0.3, 0.4) is 0 Å². The summed E-state index contributed by atoms with van der Waals surface area (Å²) in [5.41, 5.74) is 1.52. The molecule has 2 aliphatic rings. The zero-order valence-electron chi connectivity index (χ0n) is 13.9. The quantitative estimate of drug-likeness (QED) is 0.920. The minimum absolute atomic E-state index is 0.0581. The van der Waals surface area contributed by atoms with Gasteiger partial charge in [0.1, 0.15) is 0 Å². The Kier molecular flexibility index (Phi) is 4.28. The van der Waals surface area contributed by atoms with Crippen molar-refractivity contribution in [3.8, 4) is 5.75 Å². The maximum atomic E-state index is 12.0. The molecule has 1 aliphatic carbocycles. The van der Waals surface area contributed by atoms with E-state index in [2.05, 4.69) is 28.5 Å². The van der Waals surface area contributed by atoms with E-state index in [1.165, 1.54) is 0 Å². The lowest BCUT2D eigenvalue weighted by Gasteiger charge is -2.35. The van der Waals surface area contributed by atoms with Gasteiger partial charge in [0.05, 0.1) is 5.69 Å². The van der Waals surface area contributed by atoms with Gasteiger partial charge < -0.3 is 14.6 Å². The largest absolute Gasteiger partial charge is 0.503 e. The summed E-state index contributed by atoms with van der Waals surface area (Å²) in [6.45, 7) is 4.85. The Labute approximate surface area is 132 Å². The topological polar surface area (TPSA) is 48.7 Å². The molecule has 122 valence electrons. The number of nitrogens with zero attached hydrogens (tertiary/aromatic N) is 3. The van der Waals surface area contributed by atoms with Gasteiger partial charge in [0.15, 0.2) is 5.75 Å². The fourth-order valence-corrected chi connectivity index (χ4v) is 3.59. The summed E-state index contributed by atoms with van der Waals surface area (Å²) in [5.74, 6) is -0.0581. The highest BCUT2D eigenvalue weighted by Gasteiger charge is 2.30. The van der Waals surface area contributed by atoms with Gasteiger partial charge in [-0.25, -0.2) is 0 Å². The van der Waals surface area contributed by atoms with Gasteiger partial charge in [0, 0.05) is 30.4 Å². The van der Waals surface area contributed by atoms with E-state index in [4.69, 9.17) is 0 Å². The molecule has 1 aromatic rings. The van der Waals surface area contributed by atoms with Crippen LogP contribution in [0.2, 0.25) is 0 Å². The number of hydrogen-bond donors (Lipinski definition) is 1. The minimum atomic E-state index is -0.249. The molecule has 3 rings (SSSR count). The van der Waals surface area contributed by atoms with Crippen molar-refractivity contribution in [2.45, 2.75) is 51.2 Å². The van der Waals surface area contributed by atoms with Crippen LogP contribution in [-0.4, -0.2) is 52.7 Å². The van der Waals surface area contributed by atoms with E-state index >= 15 is 0 Å². The molecule has 0 aromatic carbocycles. The third-order valence-corrected chi connectivity index (χ3v) is 5.14. The zero-order valence-corrected chi connectivity index (χ0v) is 13.9. The monoisotopic (exact) mass is 305 g/mol. The number of pyridine rings is 1. The fraction of sp³-hybridized carbons (Fsp3) is 0.706. The van der Waals surface area contributed by atoms with Gasteiger partial charge in [0.2, 0.25) is 5.43 Å². The lowest BCUT2D eigenvalue weighted by molar-refractivity contribution is 0.135. The van der Waals surface area contributed by atoms with E-state index < -0.39 is 0 Å². The summed E-state index contributed by atoms with van der Waals surface area (Å²) in [7, 11) is 4.27. The molecular weight excluding hydrogens is 278 g/mol. The second-order valence-corrected chi connectivity index (χ2v) is 7.00. The number of likely N-dealkylation sites (tertiary alicyclic amines) is 1. The maximum Gasteiger partial charge on any atom is 0.223 e. The van der Waals surface area contributed by atoms with Gasteiger partial charge >= 0.3 is 0 Å². The van der Waals surface area contributed by atoms with Crippen molar-refractivity contribution in [3.63, 3.8) is 0 Å². The van der Waals surface area contributed by atoms with E-state index in [-0.39, 0.29) is 11.2 Å². The summed E-state index contributed by atoms with van der Waals surface area (Å²) in [6.07, 6.45) is 4.59. The number of aromatic nitrogens is 1. The second-order valence-electron chi connectivity index (χ2n) is 7.00. The Morgan fingerprint density at radius 3 is 2.50 bits per heavy atom. The van der Waals surface area contributed by atoms with E-state index in [1.807, 2.05) is 6.92 Å². The van der Waals surface area contributed by atoms with Gasteiger partial charge in [-0.15, -0.1) is 0 Å². The first-order chi connectivity index (χ1) is 10.5. The summed E-state index contributed by atoms with van der Waals surface area (Å²) >= 11 is 0. The van der Waals surface area contributed by atoms with Crippen molar-refractivity contribution in [1.29, 1.82) is 0 Å². The van der Waals surface area contributed by atoms with Gasteiger partial charge in [-0.2, -0.15) is 0 Å². The Morgan fingerprint density at radius 2 is 1.91 bits per heavy atom. The van der Waals surface area contributed by atoms with Gasteiger partial charge in [0.25, 0.3) is 0 Å². The number of piperidine rings is 1. The highest BCUT2D eigenvalue weighted by molar-refractivity contribution is 5.31. The second kappa shape index (κ2) is 6.05. The molecule has 22 heavy (non-hydrogen) atoms. The van der Waals surface area contributed by atoms with Gasteiger partial charge in [-0.05, 0) is 59.8 Å². The van der Waals surface area contributed by atoms with E-state index in [0.29, 0.717) is 18.6 Å². The first-order valence-corrected chi connectivity index (χ1v) is 8.30. The number of aryl methyl sites for hydroxylation is 1. The van der Waals surface area contributed by atoms with Crippen LogP contribution in [0.15, 0.2) is 10.9 Å². The average Bonchev–Trinajstić information content (AvgIpc) is 3.29. The summed E-state index contributed by atoms with van der Waals surface area (Å²) in [5, 5.41) is 10.3. The van der Waals surface area contributed by atoms with Crippen LogP contribution in [0.25, 0.3) is 0 Å². The van der Waals surface area contributed by atoms with Crippen LogP contribution >= 0.6 is 0 Å². The van der Waals surface area contributed by atoms with Crippen molar-refractivity contribution in [2.75, 3.05) is 27.2 Å². The Hall–Kier alpha value is -1.33. The Balaban J connectivity index is 1.83. The standard InChI is InChI=1S/C17H27N3O2/c1-12-10-16(21)17(22)15(20(12)14-4-5-14)11-19(3)13-6-8-18(2)9-7-13/h10,13-14,22H,4-9,11H2,1-3H3. The predicted molar refractivity (Wildman–Crippen MR) is 87.4 cm³/mol. The summed E-state index contributed by atoms with van der Waals surface area (Å²) in [4.78, 5) is 16.6. The van der Waals surface area contributed by atoms with Crippen molar-refractivity contribution in [2.24, 2.45) is 0 Å². The highest BCUT2D eigenvalue weighted by atomic mass is 16.3. The smallest absolute Gasteiger partial charge is 0.223 e. The molecule has 0 radical (unpaired) electrons. The van der Waals surface area contributed by atoms with E-state index in [0.717, 1.165) is 50.2 Å². The predicted octanol–water partition coefficient (Wildman–Crippen LogP) is 1.72. The molecule has 0 unspecified atom stereocenters. The first kappa shape index (κ1) is 15.6. The molecule has 2 fully saturated rings. The molecule has 2 heterocycles. The first-order valence-electron chi connectivity index (χ1n) is 8.30. The normalized spacial score (nSPS) is 20.7. The van der Waals surface area contributed by atoms with Crippen LogP contribution in [0.4, 0.5) is 0 Å². The highest BCUT2D eigenvalue weighted by Crippen LogP contribution is 2.38. The van der Waals surface area contributed by atoms with Crippen LogP contribution in [0.1, 0.15) is 43.1 Å². The van der Waals surface area contributed by atoms with Crippen molar-refractivity contribution in [1.82, 2.24) is 14.4 Å². The van der Waals surface area contributed by atoms with Crippen LogP contribution in [0, 0.1) is 6.92 Å². The average molecular weight is 305 g/mol. The van der Waals surface area contributed by atoms with Crippen LogP contribution in [0.5, 0.6) is 5.75 Å². The summed E-state index contributed by atoms with van der Waals surface area (Å²) < 4.78 is 2.18. The van der Waals surface area contributed by atoms with E-state index in [9.17, 15) is 9.90 Å². The van der Waals surface area contributed by atoms with Crippen molar-refractivity contribution >= 4 is 0 Å². The fourth-order valence-electron chi connectivity index (χ4n) is 3.59. The summed E-state index contributed by atoms with van der Waals surface area (Å²) in [6, 6.07) is 2.55. The molecule has 1 saturated carbocycles.